The molecule has 0 aliphatic carbocycles. The standard InChI is InChI=1S/C22H36N6S.HI/c1-4-23-22(24-10-6-11-28-19(3)15-18(2)26-28)25-16-20-8-12-27(13-9-20)17-21-7-5-14-29-21;/h5,7,14-15,20H,4,6,8-13,16-17H2,1-3H3,(H2,23,24,25);1H. The van der Waals surface area contributed by atoms with E-state index in [-0.39, 0.29) is 24.0 Å². The third-order valence-electron chi connectivity index (χ3n) is 5.46. The minimum absolute atomic E-state index is 0. The zero-order valence-electron chi connectivity index (χ0n) is 18.6. The van der Waals surface area contributed by atoms with Crippen molar-refractivity contribution in [1.29, 1.82) is 0 Å². The molecule has 0 radical (unpaired) electrons. The summed E-state index contributed by atoms with van der Waals surface area (Å²) in [5, 5.41) is 13.6. The Morgan fingerprint density at radius 2 is 2.07 bits per heavy atom. The second-order valence-corrected chi connectivity index (χ2v) is 8.98. The zero-order chi connectivity index (χ0) is 20.5. The van der Waals surface area contributed by atoms with E-state index in [0.717, 1.165) is 50.8 Å². The van der Waals surface area contributed by atoms with Gasteiger partial charge in [0.1, 0.15) is 0 Å². The number of guanidine groups is 1. The number of aryl methyl sites for hydroxylation is 3. The van der Waals surface area contributed by atoms with Crippen molar-refractivity contribution in [3.8, 4) is 0 Å². The molecule has 0 bridgehead atoms. The molecule has 1 fully saturated rings. The molecule has 6 nitrogen and oxygen atoms in total. The maximum absolute atomic E-state index is 4.86. The molecule has 0 aromatic carbocycles. The van der Waals surface area contributed by atoms with Crippen molar-refractivity contribution in [2.24, 2.45) is 10.9 Å². The van der Waals surface area contributed by atoms with Crippen LogP contribution in [0.25, 0.3) is 0 Å². The fourth-order valence-electron chi connectivity index (χ4n) is 3.85. The fraction of sp³-hybridized carbons (Fsp3) is 0.636. The van der Waals surface area contributed by atoms with Crippen LogP contribution in [0.3, 0.4) is 0 Å². The first-order chi connectivity index (χ1) is 14.1. The number of aliphatic imine (C=N–C) groups is 1. The fourth-order valence-corrected chi connectivity index (χ4v) is 4.60. The van der Waals surface area contributed by atoms with E-state index >= 15 is 0 Å². The molecule has 0 amide bonds. The van der Waals surface area contributed by atoms with E-state index in [4.69, 9.17) is 4.99 Å². The van der Waals surface area contributed by atoms with Gasteiger partial charge in [0.2, 0.25) is 0 Å². The second-order valence-electron chi connectivity index (χ2n) is 7.95. The van der Waals surface area contributed by atoms with Crippen LogP contribution >= 0.6 is 35.3 Å². The summed E-state index contributed by atoms with van der Waals surface area (Å²) in [6.45, 7) is 13.4. The SMILES string of the molecule is CCNC(=NCC1CCN(Cc2cccs2)CC1)NCCCn1nc(C)cc1C.I. The van der Waals surface area contributed by atoms with Crippen LogP contribution in [0.4, 0.5) is 0 Å². The van der Waals surface area contributed by atoms with Crippen molar-refractivity contribution >= 4 is 41.3 Å². The molecule has 168 valence electrons. The van der Waals surface area contributed by atoms with E-state index in [9.17, 15) is 0 Å². The lowest BCUT2D eigenvalue weighted by atomic mass is 9.97. The molecule has 2 aromatic heterocycles. The summed E-state index contributed by atoms with van der Waals surface area (Å²) in [6.07, 6.45) is 3.52. The molecule has 2 N–H and O–H groups in total. The van der Waals surface area contributed by atoms with E-state index in [1.54, 1.807) is 0 Å². The Labute approximate surface area is 202 Å². The molecular weight excluding hydrogens is 507 g/mol. The number of likely N-dealkylation sites (tertiary alicyclic amines) is 1. The number of nitrogens with one attached hydrogen (secondary N) is 2. The van der Waals surface area contributed by atoms with Crippen LogP contribution < -0.4 is 10.6 Å². The van der Waals surface area contributed by atoms with E-state index in [1.165, 1.54) is 36.5 Å². The van der Waals surface area contributed by atoms with Crippen LogP contribution in [0.15, 0.2) is 28.6 Å². The molecule has 1 aliphatic heterocycles. The number of nitrogens with zero attached hydrogens (tertiary/aromatic N) is 4. The molecule has 3 heterocycles. The Morgan fingerprint density at radius 3 is 2.70 bits per heavy atom. The van der Waals surface area contributed by atoms with Crippen LogP contribution in [-0.2, 0) is 13.1 Å². The Hall–Kier alpha value is -1.13. The summed E-state index contributed by atoms with van der Waals surface area (Å²) in [6, 6.07) is 6.52. The highest BCUT2D eigenvalue weighted by molar-refractivity contribution is 14.0. The Bertz CT molecular complexity index is 750. The summed E-state index contributed by atoms with van der Waals surface area (Å²) in [5.41, 5.74) is 2.32. The van der Waals surface area contributed by atoms with Gasteiger partial charge in [0.15, 0.2) is 5.96 Å². The lowest BCUT2D eigenvalue weighted by Crippen LogP contribution is -2.39. The molecule has 1 saturated heterocycles. The quantitative estimate of drug-likeness (QED) is 0.217. The van der Waals surface area contributed by atoms with Gasteiger partial charge in [-0.15, -0.1) is 35.3 Å². The van der Waals surface area contributed by atoms with Crippen LogP contribution in [0.1, 0.15) is 42.5 Å². The molecule has 2 aromatic rings. The van der Waals surface area contributed by atoms with Crippen LogP contribution in [0.2, 0.25) is 0 Å². The van der Waals surface area contributed by atoms with E-state index in [1.807, 2.05) is 18.3 Å². The Balaban J connectivity index is 0.00000320. The molecule has 0 atom stereocenters. The number of aromatic nitrogens is 2. The van der Waals surface area contributed by atoms with Gasteiger partial charge in [0.05, 0.1) is 5.69 Å². The third kappa shape index (κ3) is 8.19. The predicted octanol–water partition coefficient (Wildman–Crippen LogP) is 4.04. The van der Waals surface area contributed by atoms with E-state index in [0.29, 0.717) is 5.92 Å². The van der Waals surface area contributed by atoms with Crippen molar-refractivity contribution in [2.75, 3.05) is 32.7 Å². The normalized spacial score (nSPS) is 15.8. The van der Waals surface area contributed by atoms with Crippen molar-refractivity contribution in [3.05, 3.63) is 39.8 Å². The molecular formula is C22H37IN6S. The van der Waals surface area contributed by atoms with Gasteiger partial charge in [-0.25, -0.2) is 0 Å². The zero-order valence-corrected chi connectivity index (χ0v) is 21.7. The largest absolute Gasteiger partial charge is 0.357 e. The number of rotatable bonds is 9. The number of thiophene rings is 1. The van der Waals surface area contributed by atoms with Gasteiger partial charge in [0, 0.05) is 43.3 Å². The summed E-state index contributed by atoms with van der Waals surface area (Å²) in [7, 11) is 0. The lowest BCUT2D eigenvalue weighted by Gasteiger charge is -2.31. The molecule has 0 saturated carbocycles. The highest BCUT2D eigenvalue weighted by atomic mass is 127. The molecule has 0 spiro atoms. The van der Waals surface area contributed by atoms with Crippen molar-refractivity contribution in [3.63, 3.8) is 0 Å². The molecule has 8 heteroatoms. The average Bonchev–Trinajstić information content (AvgIpc) is 3.33. The first-order valence-electron chi connectivity index (χ1n) is 10.9. The van der Waals surface area contributed by atoms with Crippen molar-refractivity contribution in [2.45, 2.75) is 53.1 Å². The highest BCUT2D eigenvalue weighted by Crippen LogP contribution is 2.20. The number of piperidine rings is 1. The van der Waals surface area contributed by atoms with Gasteiger partial charge in [-0.3, -0.25) is 14.6 Å². The van der Waals surface area contributed by atoms with E-state index < -0.39 is 0 Å². The number of halogens is 1. The van der Waals surface area contributed by atoms with Crippen LogP contribution in [0, 0.1) is 19.8 Å². The van der Waals surface area contributed by atoms with Crippen molar-refractivity contribution < 1.29 is 0 Å². The van der Waals surface area contributed by atoms with Gasteiger partial charge in [0.25, 0.3) is 0 Å². The van der Waals surface area contributed by atoms with Gasteiger partial charge < -0.3 is 10.6 Å². The highest BCUT2D eigenvalue weighted by Gasteiger charge is 2.19. The average molecular weight is 545 g/mol. The first kappa shape index (κ1) is 25.1. The monoisotopic (exact) mass is 544 g/mol. The van der Waals surface area contributed by atoms with Gasteiger partial charge in [-0.2, -0.15) is 5.10 Å². The smallest absolute Gasteiger partial charge is 0.191 e. The summed E-state index contributed by atoms with van der Waals surface area (Å²) in [4.78, 5) is 8.91. The summed E-state index contributed by atoms with van der Waals surface area (Å²) in [5.74, 6) is 1.64. The topological polar surface area (TPSA) is 57.5 Å². The third-order valence-corrected chi connectivity index (χ3v) is 6.32. The van der Waals surface area contributed by atoms with Crippen LogP contribution in [0.5, 0.6) is 0 Å². The molecule has 3 rings (SSSR count). The molecule has 0 unspecified atom stereocenters. The molecule has 30 heavy (non-hydrogen) atoms. The Morgan fingerprint density at radius 1 is 1.27 bits per heavy atom. The minimum atomic E-state index is 0. The van der Waals surface area contributed by atoms with Crippen molar-refractivity contribution in [1.82, 2.24) is 25.3 Å². The minimum Gasteiger partial charge on any atom is -0.357 e. The van der Waals surface area contributed by atoms with Gasteiger partial charge >= 0.3 is 0 Å². The number of hydrogen-bond acceptors (Lipinski definition) is 4. The second kappa shape index (κ2) is 13.3. The Kier molecular flexibility index (Phi) is 11.2. The molecule has 1 aliphatic rings. The van der Waals surface area contributed by atoms with Gasteiger partial charge in [-0.05, 0) is 76.6 Å². The lowest BCUT2D eigenvalue weighted by molar-refractivity contribution is 0.182. The number of hydrogen-bond donors (Lipinski definition) is 2. The van der Waals surface area contributed by atoms with Crippen LogP contribution in [-0.4, -0.2) is 53.4 Å². The first-order valence-corrected chi connectivity index (χ1v) is 11.8. The summed E-state index contributed by atoms with van der Waals surface area (Å²) < 4.78 is 2.09. The van der Waals surface area contributed by atoms with Gasteiger partial charge in [-0.1, -0.05) is 6.07 Å². The maximum atomic E-state index is 4.86. The maximum Gasteiger partial charge on any atom is 0.191 e. The predicted molar refractivity (Wildman–Crippen MR) is 138 cm³/mol. The van der Waals surface area contributed by atoms with E-state index in [2.05, 4.69) is 62.7 Å². The summed E-state index contributed by atoms with van der Waals surface area (Å²) >= 11 is 1.86.